The second kappa shape index (κ2) is 8.65. The fourth-order valence-electron chi connectivity index (χ4n) is 3.74. The van der Waals surface area contributed by atoms with Crippen molar-refractivity contribution in [3.63, 3.8) is 0 Å². The summed E-state index contributed by atoms with van der Waals surface area (Å²) in [4.78, 5) is 24.3. The van der Waals surface area contributed by atoms with E-state index in [0.717, 1.165) is 18.7 Å². The average molecular weight is 455 g/mol. The number of rotatable bonds is 9. The van der Waals surface area contributed by atoms with Gasteiger partial charge in [-0.25, -0.2) is 5.01 Å². The van der Waals surface area contributed by atoms with Gasteiger partial charge in [0.1, 0.15) is 29.1 Å². The van der Waals surface area contributed by atoms with E-state index in [4.69, 9.17) is 14.6 Å². The van der Waals surface area contributed by atoms with E-state index in [0.29, 0.717) is 41.3 Å². The molecule has 2 amide bonds. The van der Waals surface area contributed by atoms with Crippen molar-refractivity contribution in [2.45, 2.75) is 49.3 Å². The number of furan rings is 2. The highest BCUT2D eigenvalue weighted by molar-refractivity contribution is 7.99. The number of nitrogens with zero attached hydrogens (tertiary/aromatic N) is 5. The Labute approximate surface area is 187 Å². The highest BCUT2D eigenvalue weighted by Gasteiger charge is 2.36. The summed E-state index contributed by atoms with van der Waals surface area (Å²) in [5.74, 6) is 1.65. The van der Waals surface area contributed by atoms with Crippen molar-refractivity contribution >= 4 is 29.3 Å². The average Bonchev–Trinajstić information content (AvgIpc) is 3.29. The first-order valence-corrected chi connectivity index (χ1v) is 11.4. The van der Waals surface area contributed by atoms with Crippen molar-refractivity contribution in [3.05, 3.63) is 54.1 Å². The number of hydrogen-bond acceptors (Lipinski definition) is 8. The quantitative estimate of drug-likeness (QED) is 0.491. The molecule has 1 aliphatic carbocycles. The van der Waals surface area contributed by atoms with E-state index < -0.39 is 0 Å². The van der Waals surface area contributed by atoms with Crippen LogP contribution in [0.15, 0.2) is 55.9 Å². The number of aryl methyl sites for hydroxylation is 1. The zero-order chi connectivity index (χ0) is 22.1. The van der Waals surface area contributed by atoms with Crippen LogP contribution in [0.1, 0.15) is 55.1 Å². The molecule has 1 fully saturated rings. The van der Waals surface area contributed by atoms with Crippen LogP contribution >= 0.6 is 11.8 Å². The van der Waals surface area contributed by atoms with Gasteiger partial charge in [0.15, 0.2) is 5.16 Å². The van der Waals surface area contributed by atoms with E-state index in [-0.39, 0.29) is 30.0 Å². The number of carbonyl (C=O) groups is 2. The first-order chi connectivity index (χ1) is 15.6. The third kappa shape index (κ3) is 4.20. The molecule has 1 unspecified atom stereocenters. The van der Waals surface area contributed by atoms with Crippen LogP contribution in [0, 0.1) is 0 Å². The third-order valence-corrected chi connectivity index (χ3v) is 6.34. The summed E-state index contributed by atoms with van der Waals surface area (Å²) in [7, 11) is 0. The minimum Gasteiger partial charge on any atom is -0.467 e. The summed E-state index contributed by atoms with van der Waals surface area (Å²) in [6, 6.07) is 7.24. The van der Waals surface area contributed by atoms with E-state index >= 15 is 0 Å². The number of hydrogen-bond donors (Lipinski definition) is 1. The van der Waals surface area contributed by atoms with Gasteiger partial charge < -0.3 is 19.1 Å². The zero-order valence-corrected chi connectivity index (χ0v) is 18.0. The molecule has 0 spiro atoms. The molecule has 0 saturated heterocycles. The van der Waals surface area contributed by atoms with Gasteiger partial charge in [0.05, 0.1) is 18.3 Å². The first kappa shape index (κ1) is 20.6. The Bertz CT molecular complexity index is 1130. The fraction of sp³-hybridized carbons (Fsp3) is 0.381. The number of thioether (sulfide) groups is 1. The van der Waals surface area contributed by atoms with Gasteiger partial charge in [-0.15, -0.1) is 10.2 Å². The minimum absolute atomic E-state index is 0.146. The van der Waals surface area contributed by atoms with E-state index in [1.54, 1.807) is 24.7 Å². The Morgan fingerprint density at radius 1 is 1.16 bits per heavy atom. The van der Waals surface area contributed by atoms with E-state index in [1.807, 2.05) is 16.7 Å². The molecule has 5 rings (SSSR count). The van der Waals surface area contributed by atoms with Gasteiger partial charge in [0.2, 0.25) is 5.91 Å². The Morgan fingerprint density at radius 3 is 2.66 bits per heavy atom. The van der Waals surface area contributed by atoms with Crippen molar-refractivity contribution in [1.29, 1.82) is 0 Å². The first-order valence-electron chi connectivity index (χ1n) is 10.4. The largest absolute Gasteiger partial charge is 0.467 e. The SMILES string of the molecule is NC(=O)CCc1nnc(SCC(=O)N2N=C(c3ccco3)CC2c2ccco2)n1C1CC1. The lowest BCUT2D eigenvalue weighted by Gasteiger charge is -2.19. The number of nitrogens with two attached hydrogens (primary N) is 1. The Hall–Kier alpha value is -3.34. The molecule has 11 heteroatoms. The molecule has 1 atom stereocenters. The molecular formula is C21H22N6O4S. The Morgan fingerprint density at radius 2 is 1.97 bits per heavy atom. The van der Waals surface area contributed by atoms with Crippen molar-refractivity contribution in [3.8, 4) is 0 Å². The van der Waals surface area contributed by atoms with Crippen LogP contribution in [0.5, 0.6) is 0 Å². The molecule has 0 radical (unpaired) electrons. The number of carbonyl (C=O) groups excluding carboxylic acids is 2. The van der Waals surface area contributed by atoms with Crippen LogP contribution in [0.2, 0.25) is 0 Å². The molecule has 3 aromatic rings. The lowest BCUT2D eigenvalue weighted by Crippen LogP contribution is -2.28. The Balaban J connectivity index is 1.32. The highest BCUT2D eigenvalue weighted by Crippen LogP contribution is 2.39. The molecule has 2 N–H and O–H groups in total. The summed E-state index contributed by atoms with van der Waals surface area (Å²) in [6.07, 6.45) is 6.41. The molecular weight excluding hydrogens is 432 g/mol. The summed E-state index contributed by atoms with van der Waals surface area (Å²) in [5.41, 5.74) is 5.98. The Kier molecular flexibility index (Phi) is 5.56. The molecule has 1 saturated carbocycles. The number of amides is 2. The molecule has 2 aliphatic rings. The summed E-state index contributed by atoms with van der Waals surface area (Å²) < 4.78 is 13.1. The van der Waals surface area contributed by atoms with Crippen LogP contribution < -0.4 is 5.73 Å². The van der Waals surface area contributed by atoms with Gasteiger partial charge in [0, 0.05) is 25.3 Å². The molecule has 0 bridgehead atoms. The van der Waals surface area contributed by atoms with Crippen LogP contribution in [-0.4, -0.2) is 43.1 Å². The molecule has 166 valence electrons. The fourth-order valence-corrected chi connectivity index (χ4v) is 4.61. The zero-order valence-electron chi connectivity index (χ0n) is 17.2. The van der Waals surface area contributed by atoms with Crippen LogP contribution in [0.4, 0.5) is 0 Å². The van der Waals surface area contributed by atoms with Crippen molar-refractivity contribution in [2.75, 3.05) is 5.75 Å². The maximum atomic E-state index is 13.2. The second-order valence-electron chi connectivity index (χ2n) is 7.75. The molecule has 0 aromatic carbocycles. The van der Waals surface area contributed by atoms with Crippen LogP contribution in [-0.2, 0) is 16.0 Å². The predicted molar refractivity (Wildman–Crippen MR) is 115 cm³/mol. The maximum Gasteiger partial charge on any atom is 0.253 e. The molecule has 1 aliphatic heterocycles. The van der Waals surface area contributed by atoms with Gasteiger partial charge in [-0.2, -0.15) is 5.10 Å². The van der Waals surface area contributed by atoms with Crippen molar-refractivity contribution in [2.24, 2.45) is 10.8 Å². The number of hydrazone groups is 1. The van der Waals surface area contributed by atoms with Gasteiger partial charge in [0.25, 0.3) is 5.91 Å². The lowest BCUT2D eigenvalue weighted by atomic mass is 10.1. The minimum atomic E-state index is -0.372. The molecule has 4 heterocycles. The monoisotopic (exact) mass is 454 g/mol. The van der Waals surface area contributed by atoms with E-state index in [2.05, 4.69) is 15.3 Å². The normalized spacial score (nSPS) is 18.2. The van der Waals surface area contributed by atoms with Gasteiger partial charge in [-0.3, -0.25) is 9.59 Å². The standard InChI is InChI=1S/C21H22N6O4S/c22-18(28)7-8-19-23-24-21(26(19)13-5-6-13)32-12-20(29)27-15(17-4-2-10-31-17)11-14(25-27)16-3-1-9-30-16/h1-4,9-10,13,15H,5-8,11-12H2,(H2,22,28). The summed E-state index contributed by atoms with van der Waals surface area (Å²) >= 11 is 1.32. The predicted octanol–water partition coefficient (Wildman–Crippen LogP) is 2.69. The summed E-state index contributed by atoms with van der Waals surface area (Å²) in [5, 5.41) is 15.2. The van der Waals surface area contributed by atoms with Crippen LogP contribution in [0.25, 0.3) is 0 Å². The van der Waals surface area contributed by atoms with Crippen molar-refractivity contribution < 1.29 is 18.4 Å². The van der Waals surface area contributed by atoms with Gasteiger partial charge in [-0.05, 0) is 37.1 Å². The van der Waals surface area contributed by atoms with Crippen LogP contribution in [0.3, 0.4) is 0 Å². The lowest BCUT2D eigenvalue weighted by molar-refractivity contribution is -0.130. The van der Waals surface area contributed by atoms with E-state index in [1.165, 1.54) is 16.8 Å². The van der Waals surface area contributed by atoms with Gasteiger partial charge in [-0.1, -0.05) is 11.8 Å². The molecule has 10 nitrogen and oxygen atoms in total. The number of primary amides is 1. The molecule has 3 aromatic heterocycles. The second-order valence-corrected chi connectivity index (χ2v) is 8.70. The molecule has 32 heavy (non-hydrogen) atoms. The highest BCUT2D eigenvalue weighted by atomic mass is 32.2. The topological polar surface area (TPSA) is 133 Å². The maximum absolute atomic E-state index is 13.2. The summed E-state index contributed by atoms with van der Waals surface area (Å²) in [6.45, 7) is 0. The number of aromatic nitrogens is 3. The van der Waals surface area contributed by atoms with E-state index in [9.17, 15) is 9.59 Å². The smallest absolute Gasteiger partial charge is 0.253 e. The van der Waals surface area contributed by atoms with Gasteiger partial charge >= 0.3 is 0 Å². The third-order valence-electron chi connectivity index (χ3n) is 5.41. The van der Waals surface area contributed by atoms with Crippen molar-refractivity contribution in [1.82, 2.24) is 19.8 Å².